The van der Waals surface area contributed by atoms with Crippen LogP contribution in [-0.2, 0) is 0 Å². The fourth-order valence-electron chi connectivity index (χ4n) is 2.56. The lowest BCUT2D eigenvalue weighted by atomic mass is 10.0. The molecule has 1 heteroatoms. The van der Waals surface area contributed by atoms with Crippen molar-refractivity contribution in [3.8, 4) is 0 Å². The van der Waals surface area contributed by atoms with Gasteiger partial charge in [-0.15, -0.1) is 0 Å². The van der Waals surface area contributed by atoms with Gasteiger partial charge in [0.2, 0.25) is 0 Å². The Balaban J connectivity index is 2.06. The van der Waals surface area contributed by atoms with Crippen molar-refractivity contribution in [3.63, 3.8) is 0 Å². The fraction of sp³-hybridized carbons (Fsp3) is 0.600. The van der Waals surface area contributed by atoms with E-state index in [9.17, 15) is 0 Å². The molecular formula is C15H23N. The van der Waals surface area contributed by atoms with Gasteiger partial charge in [-0.3, -0.25) is 0 Å². The standard InChI is InChI=1S/C15H23N/c1-11(2)13-7-5-8-14(10-13)16-15-9-4-6-12(15)3/h5,7-8,10-12,15-16H,4,6,9H2,1-3H3. The highest BCUT2D eigenvalue weighted by molar-refractivity contribution is 5.47. The van der Waals surface area contributed by atoms with E-state index in [4.69, 9.17) is 0 Å². The van der Waals surface area contributed by atoms with Gasteiger partial charge in [-0.05, 0) is 42.4 Å². The molecule has 88 valence electrons. The maximum Gasteiger partial charge on any atom is 0.0345 e. The largest absolute Gasteiger partial charge is 0.382 e. The smallest absolute Gasteiger partial charge is 0.0345 e. The molecule has 1 aromatic rings. The van der Waals surface area contributed by atoms with Gasteiger partial charge in [0.05, 0.1) is 0 Å². The second-order valence-electron chi connectivity index (χ2n) is 5.44. The van der Waals surface area contributed by atoms with Crippen molar-refractivity contribution >= 4 is 5.69 Å². The zero-order valence-electron chi connectivity index (χ0n) is 10.7. The quantitative estimate of drug-likeness (QED) is 0.790. The molecule has 0 saturated heterocycles. The minimum Gasteiger partial charge on any atom is -0.382 e. The molecule has 0 bridgehead atoms. The number of nitrogens with one attached hydrogen (secondary N) is 1. The highest BCUT2D eigenvalue weighted by Crippen LogP contribution is 2.28. The Labute approximate surface area is 99.3 Å². The van der Waals surface area contributed by atoms with Gasteiger partial charge < -0.3 is 5.32 Å². The van der Waals surface area contributed by atoms with Gasteiger partial charge in [0.25, 0.3) is 0 Å². The van der Waals surface area contributed by atoms with Crippen LogP contribution in [0.4, 0.5) is 5.69 Å². The van der Waals surface area contributed by atoms with Crippen molar-refractivity contribution in [1.29, 1.82) is 0 Å². The first kappa shape index (κ1) is 11.5. The van der Waals surface area contributed by atoms with E-state index >= 15 is 0 Å². The second-order valence-corrected chi connectivity index (χ2v) is 5.44. The summed E-state index contributed by atoms with van der Waals surface area (Å²) in [4.78, 5) is 0. The monoisotopic (exact) mass is 217 g/mol. The van der Waals surface area contributed by atoms with Crippen LogP contribution in [0.5, 0.6) is 0 Å². The third-order valence-electron chi connectivity index (χ3n) is 3.77. The van der Waals surface area contributed by atoms with Crippen LogP contribution < -0.4 is 5.32 Å². The first-order valence-corrected chi connectivity index (χ1v) is 6.53. The van der Waals surface area contributed by atoms with Crippen LogP contribution in [0.3, 0.4) is 0 Å². The van der Waals surface area contributed by atoms with Crippen molar-refractivity contribution in [1.82, 2.24) is 0 Å². The molecular weight excluding hydrogens is 194 g/mol. The molecule has 1 aliphatic carbocycles. The molecule has 1 aliphatic rings. The van der Waals surface area contributed by atoms with E-state index in [0.717, 1.165) is 5.92 Å². The predicted molar refractivity (Wildman–Crippen MR) is 71.0 cm³/mol. The molecule has 0 amide bonds. The molecule has 2 rings (SSSR count). The molecule has 1 fully saturated rings. The van der Waals surface area contributed by atoms with Gasteiger partial charge in [0, 0.05) is 11.7 Å². The van der Waals surface area contributed by atoms with E-state index in [-0.39, 0.29) is 0 Å². The van der Waals surface area contributed by atoms with Gasteiger partial charge in [-0.1, -0.05) is 39.3 Å². The van der Waals surface area contributed by atoms with Gasteiger partial charge in [-0.25, -0.2) is 0 Å². The van der Waals surface area contributed by atoms with Crippen LogP contribution in [0.15, 0.2) is 24.3 Å². The third-order valence-corrected chi connectivity index (χ3v) is 3.77. The first-order chi connectivity index (χ1) is 7.66. The predicted octanol–water partition coefficient (Wildman–Crippen LogP) is 4.41. The molecule has 0 spiro atoms. The summed E-state index contributed by atoms with van der Waals surface area (Å²) in [6.07, 6.45) is 4.08. The average molecular weight is 217 g/mol. The van der Waals surface area contributed by atoms with Gasteiger partial charge in [0.15, 0.2) is 0 Å². The van der Waals surface area contributed by atoms with Crippen LogP contribution in [0.1, 0.15) is 51.5 Å². The molecule has 0 heterocycles. The zero-order valence-corrected chi connectivity index (χ0v) is 10.7. The van der Waals surface area contributed by atoms with E-state index in [2.05, 4.69) is 50.4 Å². The highest BCUT2D eigenvalue weighted by Gasteiger charge is 2.22. The van der Waals surface area contributed by atoms with Crippen molar-refractivity contribution in [2.24, 2.45) is 5.92 Å². The first-order valence-electron chi connectivity index (χ1n) is 6.53. The lowest BCUT2D eigenvalue weighted by molar-refractivity contribution is 0.556. The summed E-state index contributed by atoms with van der Waals surface area (Å²) in [6.45, 7) is 6.85. The molecule has 1 nitrogen and oxygen atoms in total. The van der Waals surface area contributed by atoms with Crippen molar-refractivity contribution in [3.05, 3.63) is 29.8 Å². The number of anilines is 1. The lowest BCUT2D eigenvalue weighted by Gasteiger charge is -2.19. The zero-order chi connectivity index (χ0) is 11.5. The van der Waals surface area contributed by atoms with Crippen molar-refractivity contribution in [2.45, 2.75) is 52.0 Å². The minimum absolute atomic E-state index is 0.614. The van der Waals surface area contributed by atoms with Crippen molar-refractivity contribution < 1.29 is 0 Å². The lowest BCUT2D eigenvalue weighted by Crippen LogP contribution is -2.21. The molecule has 0 radical (unpaired) electrons. The Hall–Kier alpha value is -0.980. The summed E-state index contributed by atoms with van der Waals surface area (Å²) in [5.41, 5.74) is 2.72. The highest BCUT2D eigenvalue weighted by atomic mass is 14.9. The Morgan fingerprint density at radius 1 is 1.25 bits per heavy atom. The third kappa shape index (κ3) is 2.58. The van der Waals surface area contributed by atoms with E-state index in [1.165, 1.54) is 30.5 Å². The van der Waals surface area contributed by atoms with Crippen LogP contribution in [0, 0.1) is 5.92 Å². The SMILES string of the molecule is CC(C)c1cccc(NC2CCCC2C)c1. The van der Waals surface area contributed by atoms with E-state index in [1.54, 1.807) is 0 Å². The number of hydrogen-bond acceptors (Lipinski definition) is 1. The number of benzene rings is 1. The summed E-state index contributed by atoms with van der Waals surface area (Å²) in [5.74, 6) is 1.44. The fourth-order valence-corrected chi connectivity index (χ4v) is 2.56. The summed E-state index contributed by atoms with van der Waals surface area (Å²) >= 11 is 0. The molecule has 16 heavy (non-hydrogen) atoms. The molecule has 2 unspecified atom stereocenters. The molecule has 1 saturated carbocycles. The molecule has 1 N–H and O–H groups in total. The normalized spacial score (nSPS) is 25.0. The topological polar surface area (TPSA) is 12.0 Å². The van der Waals surface area contributed by atoms with Gasteiger partial charge in [-0.2, -0.15) is 0 Å². The second kappa shape index (κ2) is 4.90. The summed E-state index contributed by atoms with van der Waals surface area (Å²) in [6, 6.07) is 9.56. The maximum atomic E-state index is 3.69. The Morgan fingerprint density at radius 2 is 2.06 bits per heavy atom. The Morgan fingerprint density at radius 3 is 2.69 bits per heavy atom. The van der Waals surface area contributed by atoms with E-state index in [0.29, 0.717) is 12.0 Å². The van der Waals surface area contributed by atoms with Crippen LogP contribution in [-0.4, -0.2) is 6.04 Å². The Bertz CT molecular complexity index is 343. The molecule has 0 aliphatic heterocycles. The number of rotatable bonds is 3. The molecule has 2 atom stereocenters. The minimum atomic E-state index is 0.614. The van der Waals surface area contributed by atoms with E-state index in [1.807, 2.05) is 0 Å². The Kier molecular flexibility index (Phi) is 3.52. The molecule has 0 aromatic heterocycles. The maximum absolute atomic E-state index is 3.69. The van der Waals surface area contributed by atoms with Crippen LogP contribution in [0.25, 0.3) is 0 Å². The number of hydrogen-bond donors (Lipinski definition) is 1. The van der Waals surface area contributed by atoms with Gasteiger partial charge >= 0.3 is 0 Å². The van der Waals surface area contributed by atoms with Crippen LogP contribution in [0.2, 0.25) is 0 Å². The molecule has 1 aromatic carbocycles. The van der Waals surface area contributed by atoms with Gasteiger partial charge in [0.1, 0.15) is 0 Å². The van der Waals surface area contributed by atoms with Crippen LogP contribution >= 0.6 is 0 Å². The average Bonchev–Trinajstić information content (AvgIpc) is 2.65. The van der Waals surface area contributed by atoms with E-state index < -0.39 is 0 Å². The summed E-state index contributed by atoms with van der Waals surface area (Å²) in [7, 11) is 0. The van der Waals surface area contributed by atoms with Crippen molar-refractivity contribution in [2.75, 3.05) is 5.32 Å². The summed E-state index contributed by atoms with van der Waals surface area (Å²) in [5, 5.41) is 3.69. The summed E-state index contributed by atoms with van der Waals surface area (Å²) < 4.78 is 0.